The molecule has 1 aliphatic rings. The lowest BCUT2D eigenvalue weighted by Gasteiger charge is -2.35. The molecule has 0 aromatic heterocycles. The van der Waals surface area contributed by atoms with Crippen LogP contribution in [-0.4, -0.2) is 29.9 Å². The molecule has 4 rings (SSSR count). The summed E-state index contributed by atoms with van der Waals surface area (Å²) in [6.07, 6.45) is 0.909. The molecule has 5 nitrogen and oxygen atoms in total. The van der Waals surface area contributed by atoms with Crippen molar-refractivity contribution in [3.63, 3.8) is 0 Å². The Morgan fingerprint density at radius 2 is 1.74 bits per heavy atom. The maximum Gasteiger partial charge on any atom is 0.324 e. The second-order valence-electron chi connectivity index (χ2n) is 7.71. The van der Waals surface area contributed by atoms with Crippen molar-refractivity contribution in [2.75, 3.05) is 23.3 Å². The van der Waals surface area contributed by atoms with Gasteiger partial charge >= 0.3 is 6.03 Å². The first kappa shape index (κ1) is 20.9. The van der Waals surface area contributed by atoms with E-state index in [0.717, 1.165) is 24.2 Å². The molecule has 3 aromatic carbocycles. The third-order valence-electron chi connectivity index (χ3n) is 5.31. The third kappa shape index (κ3) is 5.06. The van der Waals surface area contributed by atoms with E-state index in [9.17, 15) is 9.59 Å². The van der Waals surface area contributed by atoms with Crippen LogP contribution in [0.2, 0.25) is 5.02 Å². The summed E-state index contributed by atoms with van der Waals surface area (Å²) >= 11 is 5.87. The zero-order valence-corrected chi connectivity index (χ0v) is 18.1. The molecule has 3 amide bonds. The van der Waals surface area contributed by atoms with Crippen molar-refractivity contribution in [3.05, 3.63) is 94.5 Å². The van der Waals surface area contributed by atoms with Gasteiger partial charge in [-0.3, -0.25) is 9.69 Å². The molecule has 1 N–H and O–H groups in total. The molecular weight excluding hydrogens is 410 g/mol. The number of rotatable bonds is 5. The van der Waals surface area contributed by atoms with Gasteiger partial charge in [-0.1, -0.05) is 41.4 Å². The smallest absolute Gasteiger partial charge is 0.322 e. The van der Waals surface area contributed by atoms with Crippen molar-refractivity contribution in [2.45, 2.75) is 19.9 Å². The molecule has 6 heteroatoms. The number of benzene rings is 3. The second kappa shape index (κ2) is 9.23. The number of nitrogens with one attached hydrogen (secondary N) is 1. The number of urea groups is 1. The van der Waals surface area contributed by atoms with Gasteiger partial charge in [-0.2, -0.15) is 0 Å². The lowest BCUT2D eigenvalue weighted by molar-refractivity contribution is 0.102. The van der Waals surface area contributed by atoms with Gasteiger partial charge in [-0.05, 0) is 67.4 Å². The first-order chi connectivity index (χ1) is 15.0. The predicted octanol–water partition coefficient (Wildman–Crippen LogP) is 5.73. The van der Waals surface area contributed by atoms with Crippen molar-refractivity contribution in [3.8, 4) is 0 Å². The third-order valence-corrected chi connectivity index (χ3v) is 5.56. The summed E-state index contributed by atoms with van der Waals surface area (Å²) in [4.78, 5) is 29.1. The van der Waals surface area contributed by atoms with E-state index < -0.39 is 0 Å². The Kier molecular flexibility index (Phi) is 6.23. The maximum absolute atomic E-state index is 13.1. The van der Waals surface area contributed by atoms with Crippen LogP contribution in [0.3, 0.4) is 0 Å². The zero-order valence-electron chi connectivity index (χ0n) is 17.3. The minimum absolute atomic E-state index is 0.00528. The van der Waals surface area contributed by atoms with Crippen molar-refractivity contribution in [1.29, 1.82) is 0 Å². The molecular formula is C25H24ClN3O2. The molecule has 1 fully saturated rings. The molecule has 0 saturated carbocycles. The molecule has 1 aliphatic heterocycles. The van der Waals surface area contributed by atoms with E-state index in [2.05, 4.69) is 30.4 Å². The first-order valence-corrected chi connectivity index (χ1v) is 10.7. The topological polar surface area (TPSA) is 52.6 Å². The monoisotopic (exact) mass is 433 g/mol. The molecule has 0 radical (unpaired) electrons. The van der Waals surface area contributed by atoms with Gasteiger partial charge in [-0.15, -0.1) is 0 Å². The Hall–Kier alpha value is -3.31. The molecule has 3 aromatic rings. The quantitative estimate of drug-likeness (QED) is 0.558. The van der Waals surface area contributed by atoms with Crippen LogP contribution in [-0.2, 0) is 6.54 Å². The van der Waals surface area contributed by atoms with Crippen LogP contribution < -0.4 is 10.2 Å². The zero-order chi connectivity index (χ0) is 21.8. The van der Waals surface area contributed by atoms with Gasteiger partial charge in [0.15, 0.2) is 0 Å². The Balaban J connectivity index is 1.42. The summed E-state index contributed by atoms with van der Waals surface area (Å²) in [6.45, 7) is 4.09. The van der Waals surface area contributed by atoms with E-state index in [1.165, 1.54) is 5.56 Å². The molecule has 1 heterocycles. The van der Waals surface area contributed by atoms with Gasteiger partial charge < -0.3 is 10.2 Å². The standard InChI is InChI=1S/C25H24ClN3O2/c1-18-4-2-5-19(16-18)17-28-14-3-15-29(25(28)31)23-12-10-22(11-13-23)27-24(30)20-6-8-21(26)9-7-20/h2,4-13,16H,3,14-15,17H2,1H3,(H,27,30). The number of amides is 3. The average molecular weight is 434 g/mol. The van der Waals surface area contributed by atoms with Crippen molar-refractivity contribution in [1.82, 2.24) is 4.90 Å². The molecule has 0 spiro atoms. The number of carbonyl (C=O) groups excluding carboxylic acids is 2. The molecule has 31 heavy (non-hydrogen) atoms. The van der Waals surface area contributed by atoms with E-state index in [1.807, 2.05) is 35.2 Å². The van der Waals surface area contributed by atoms with Crippen molar-refractivity contribution >= 4 is 34.9 Å². The number of hydrogen-bond donors (Lipinski definition) is 1. The Morgan fingerprint density at radius 3 is 2.45 bits per heavy atom. The molecule has 0 atom stereocenters. The highest BCUT2D eigenvalue weighted by atomic mass is 35.5. The van der Waals surface area contributed by atoms with E-state index in [-0.39, 0.29) is 11.9 Å². The summed E-state index contributed by atoms with van der Waals surface area (Å²) in [5.41, 5.74) is 4.35. The number of aryl methyl sites for hydroxylation is 1. The molecule has 0 bridgehead atoms. The Labute approximate surface area is 187 Å². The van der Waals surface area contributed by atoms with Gasteiger partial charge in [0.1, 0.15) is 0 Å². The minimum Gasteiger partial charge on any atom is -0.322 e. The predicted molar refractivity (Wildman–Crippen MR) is 125 cm³/mol. The lowest BCUT2D eigenvalue weighted by atomic mass is 10.1. The molecule has 0 unspecified atom stereocenters. The largest absolute Gasteiger partial charge is 0.324 e. The van der Waals surface area contributed by atoms with Crippen LogP contribution in [0.25, 0.3) is 0 Å². The van der Waals surface area contributed by atoms with Gasteiger partial charge in [0.2, 0.25) is 0 Å². The number of anilines is 2. The molecule has 1 saturated heterocycles. The van der Waals surface area contributed by atoms with E-state index in [1.54, 1.807) is 29.2 Å². The summed E-state index contributed by atoms with van der Waals surface area (Å²) < 4.78 is 0. The van der Waals surface area contributed by atoms with Crippen LogP contribution in [0.4, 0.5) is 16.2 Å². The van der Waals surface area contributed by atoms with Crippen LogP contribution in [0.1, 0.15) is 27.9 Å². The van der Waals surface area contributed by atoms with Crippen molar-refractivity contribution < 1.29 is 9.59 Å². The number of halogens is 1. The van der Waals surface area contributed by atoms with Crippen LogP contribution >= 0.6 is 11.6 Å². The SMILES string of the molecule is Cc1cccc(CN2CCCN(c3ccc(NC(=O)c4ccc(Cl)cc4)cc3)C2=O)c1. The highest BCUT2D eigenvalue weighted by Crippen LogP contribution is 2.24. The summed E-state index contributed by atoms with van der Waals surface area (Å²) in [5.74, 6) is -0.206. The van der Waals surface area contributed by atoms with Gasteiger partial charge in [0.05, 0.1) is 0 Å². The second-order valence-corrected chi connectivity index (χ2v) is 8.14. The summed E-state index contributed by atoms with van der Waals surface area (Å²) in [6, 6.07) is 22.3. The Bertz CT molecular complexity index is 1080. The first-order valence-electron chi connectivity index (χ1n) is 10.3. The molecule has 0 aliphatic carbocycles. The normalized spacial score (nSPS) is 13.9. The van der Waals surface area contributed by atoms with Gasteiger partial charge in [0.25, 0.3) is 5.91 Å². The fourth-order valence-electron chi connectivity index (χ4n) is 3.73. The fraction of sp³-hybridized carbons (Fsp3) is 0.200. The minimum atomic E-state index is -0.206. The Morgan fingerprint density at radius 1 is 1.00 bits per heavy atom. The van der Waals surface area contributed by atoms with Crippen LogP contribution in [0.15, 0.2) is 72.8 Å². The number of hydrogen-bond acceptors (Lipinski definition) is 2. The molecule has 158 valence electrons. The van der Waals surface area contributed by atoms with Gasteiger partial charge in [0, 0.05) is 41.6 Å². The van der Waals surface area contributed by atoms with Crippen LogP contribution in [0, 0.1) is 6.92 Å². The van der Waals surface area contributed by atoms with Crippen molar-refractivity contribution in [2.24, 2.45) is 0 Å². The average Bonchev–Trinajstić information content (AvgIpc) is 2.76. The summed E-state index contributed by atoms with van der Waals surface area (Å²) in [5, 5.41) is 3.46. The maximum atomic E-state index is 13.1. The van der Waals surface area contributed by atoms with E-state index >= 15 is 0 Å². The lowest BCUT2D eigenvalue weighted by Crippen LogP contribution is -2.49. The highest BCUT2D eigenvalue weighted by molar-refractivity contribution is 6.30. The summed E-state index contributed by atoms with van der Waals surface area (Å²) in [7, 11) is 0. The van der Waals surface area contributed by atoms with Gasteiger partial charge in [-0.25, -0.2) is 4.79 Å². The van der Waals surface area contributed by atoms with Crippen LogP contribution in [0.5, 0.6) is 0 Å². The van der Waals surface area contributed by atoms with E-state index in [0.29, 0.717) is 29.4 Å². The number of nitrogens with zero attached hydrogens (tertiary/aromatic N) is 2. The number of carbonyl (C=O) groups is 2. The fourth-order valence-corrected chi connectivity index (χ4v) is 3.85. The van der Waals surface area contributed by atoms with E-state index in [4.69, 9.17) is 11.6 Å². The highest BCUT2D eigenvalue weighted by Gasteiger charge is 2.26.